The summed E-state index contributed by atoms with van der Waals surface area (Å²) >= 11 is 2.20. The summed E-state index contributed by atoms with van der Waals surface area (Å²) in [5, 5.41) is 1.69. The highest BCUT2D eigenvalue weighted by Crippen LogP contribution is 2.37. The summed E-state index contributed by atoms with van der Waals surface area (Å²) in [6.07, 6.45) is 8.36. The van der Waals surface area contributed by atoms with E-state index in [1.807, 2.05) is 0 Å². The van der Waals surface area contributed by atoms with Gasteiger partial charge in [0.15, 0.2) is 0 Å². The monoisotopic (exact) mass is 215 g/mol. The van der Waals surface area contributed by atoms with Gasteiger partial charge in [0, 0.05) is 10.5 Å². The highest BCUT2D eigenvalue weighted by Gasteiger charge is 2.25. The second-order valence-corrected chi connectivity index (χ2v) is 6.20. The van der Waals surface area contributed by atoms with Crippen LogP contribution in [0.15, 0.2) is 0 Å². The van der Waals surface area contributed by atoms with Gasteiger partial charge in [-0.25, -0.2) is 0 Å². The average Bonchev–Trinajstić information content (AvgIpc) is 2.19. The Kier molecular flexibility index (Phi) is 5.95. The fourth-order valence-corrected chi connectivity index (χ4v) is 4.14. The zero-order valence-electron chi connectivity index (χ0n) is 9.67. The van der Waals surface area contributed by atoms with Crippen LogP contribution in [0.3, 0.4) is 0 Å². The van der Waals surface area contributed by atoms with Crippen molar-refractivity contribution in [1.29, 1.82) is 0 Å². The minimum absolute atomic E-state index is 0.761. The van der Waals surface area contributed by atoms with Gasteiger partial charge in [-0.15, -0.1) is 0 Å². The molecule has 2 heteroatoms. The minimum atomic E-state index is 0.761. The molecule has 0 heterocycles. The zero-order chi connectivity index (χ0) is 10.4. The third-order valence-corrected chi connectivity index (χ3v) is 5.01. The molecule has 0 amide bonds. The van der Waals surface area contributed by atoms with Crippen molar-refractivity contribution in [3.8, 4) is 0 Å². The number of hydrogen-bond donors (Lipinski definition) is 1. The molecule has 0 bridgehead atoms. The second-order valence-electron chi connectivity index (χ2n) is 4.52. The highest BCUT2D eigenvalue weighted by atomic mass is 32.2. The lowest BCUT2D eigenvalue weighted by Crippen LogP contribution is -2.24. The van der Waals surface area contributed by atoms with Crippen molar-refractivity contribution in [2.75, 3.05) is 6.54 Å². The van der Waals surface area contributed by atoms with E-state index in [-0.39, 0.29) is 0 Å². The molecule has 1 saturated carbocycles. The first kappa shape index (κ1) is 12.4. The first-order chi connectivity index (χ1) is 6.77. The normalized spacial score (nSPS) is 30.2. The number of hydrogen-bond acceptors (Lipinski definition) is 2. The fraction of sp³-hybridized carbons (Fsp3) is 1.00. The maximum atomic E-state index is 5.59. The van der Waals surface area contributed by atoms with Gasteiger partial charge in [0.05, 0.1) is 0 Å². The molecule has 1 nitrogen and oxygen atoms in total. The van der Waals surface area contributed by atoms with E-state index in [4.69, 9.17) is 5.73 Å². The Morgan fingerprint density at radius 1 is 1.36 bits per heavy atom. The lowest BCUT2D eigenvalue weighted by atomic mass is 9.87. The molecule has 0 aromatic carbocycles. The standard InChI is InChI=1S/C12H25NS/c1-3-11-6-4-5-7-12(11)14-10(2)8-9-13/h10-12H,3-9,13H2,1-2H3. The summed E-state index contributed by atoms with van der Waals surface area (Å²) in [5.74, 6) is 0.981. The maximum absolute atomic E-state index is 5.59. The van der Waals surface area contributed by atoms with Gasteiger partial charge >= 0.3 is 0 Å². The van der Waals surface area contributed by atoms with E-state index in [9.17, 15) is 0 Å². The van der Waals surface area contributed by atoms with Crippen LogP contribution in [0.1, 0.15) is 52.4 Å². The minimum Gasteiger partial charge on any atom is -0.330 e. The third kappa shape index (κ3) is 3.82. The van der Waals surface area contributed by atoms with E-state index in [0.717, 1.165) is 23.0 Å². The topological polar surface area (TPSA) is 26.0 Å². The van der Waals surface area contributed by atoms with Crippen molar-refractivity contribution < 1.29 is 0 Å². The van der Waals surface area contributed by atoms with Crippen LogP contribution >= 0.6 is 11.8 Å². The Labute approximate surface area is 93.2 Å². The van der Waals surface area contributed by atoms with Crippen LogP contribution in [0.5, 0.6) is 0 Å². The molecule has 1 aliphatic rings. The van der Waals surface area contributed by atoms with E-state index >= 15 is 0 Å². The Morgan fingerprint density at radius 2 is 2.07 bits per heavy atom. The predicted octanol–water partition coefficient (Wildman–Crippen LogP) is 3.43. The van der Waals surface area contributed by atoms with Gasteiger partial charge in [-0.1, -0.05) is 33.1 Å². The smallest absolute Gasteiger partial charge is 0.00779 e. The molecule has 2 N–H and O–H groups in total. The highest BCUT2D eigenvalue weighted by molar-refractivity contribution is 8.00. The summed E-state index contributed by atoms with van der Waals surface area (Å²) in [4.78, 5) is 0. The average molecular weight is 215 g/mol. The summed E-state index contributed by atoms with van der Waals surface area (Å²) in [7, 11) is 0. The summed E-state index contributed by atoms with van der Waals surface area (Å²) < 4.78 is 0. The van der Waals surface area contributed by atoms with Crippen molar-refractivity contribution in [1.82, 2.24) is 0 Å². The molecule has 0 aromatic rings. The second kappa shape index (κ2) is 6.73. The SMILES string of the molecule is CCC1CCCCC1SC(C)CCN. The van der Waals surface area contributed by atoms with Gasteiger partial charge in [0.1, 0.15) is 0 Å². The largest absolute Gasteiger partial charge is 0.330 e. The molecule has 0 saturated heterocycles. The van der Waals surface area contributed by atoms with Gasteiger partial charge in [0.25, 0.3) is 0 Å². The molecule has 14 heavy (non-hydrogen) atoms. The number of rotatable bonds is 5. The zero-order valence-corrected chi connectivity index (χ0v) is 10.5. The van der Waals surface area contributed by atoms with Gasteiger partial charge in [-0.3, -0.25) is 0 Å². The Hall–Kier alpha value is 0.310. The van der Waals surface area contributed by atoms with Crippen LogP contribution in [0.25, 0.3) is 0 Å². The third-order valence-electron chi connectivity index (χ3n) is 3.34. The maximum Gasteiger partial charge on any atom is 0.00779 e. The molecule has 0 radical (unpaired) electrons. The fourth-order valence-electron chi connectivity index (χ4n) is 2.42. The first-order valence-electron chi connectivity index (χ1n) is 6.13. The number of thioether (sulfide) groups is 1. The van der Waals surface area contributed by atoms with Gasteiger partial charge in [0.2, 0.25) is 0 Å². The predicted molar refractivity (Wildman–Crippen MR) is 66.8 cm³/mol. The Morgan fingerprint density at radius 3 is 2.71 bits per heavy atom. The van der Waals surface area contributed by atoms with Crippen molar-refractivity contribution in [3.05, 3.63) is 0 Å². The molecule has 3 unspecified atom stereocenters. The van der Waals surface area contributed by atoms with E-state index in [0.29, 0.717) is 0 Å². The lowest BCUT2D eigenvalue weighted by molar-refractivity contribution is 0.360. The van der Waals surface area contributed by atoms with Crippen LogP contribution in [0.4, 0.5) is 0 Å². The van der Waals surface area contributed by atoms with Crippen LogP contribution in [0, 0.1) is 5.92 Å². The summed E-state index contributed by atoms with van der Waals surface area (Å²) in [6, 6.07) is 0. The molecule has 0 aliphatic heterocycles. The summed E-state index contributed by atoms with van der Waals surface area (Å²) in [6.45, 7) is 5.52. The van der Waals surface area contributed by atoms with E-state index in [1.54, 1.807) is 0 Å². The molecule has 1 aliphatic carbocycles. The Balaban J connectivity index is 2.32. The molecular weight excluding hydrogens is 190 g/mol. The lowest BCUT2D eigenvalue weighted by Gasteiger charge is -2.32. The molecule has 0 aromatic heterocycles. The molecular formula is C12H25NS. The quantitative estimate of drug-likeness (QED) is 0.760. The molecule has 1 fully saturated rings. The Bertz CT molecular complexity index is 149. The van der Waals surface area contributed by atoms with Gasteiger partial charge in [-0.2, -0.15) is 11.8 Å². The summed E-state index contributed by atoms with van der Waals surface area (Å²) in [5.41, 5.74) is 5.59. The van der Waals surface area contributed by atoms with E-state index in [1.165, 1.54) is 38.5 Å². The molecule has 3 atom stereocenters. The molecule has 84 valence electrons. The van der Waals surface area contributed by atoms with Crippen LogP contribution in [0.2, 0.25) is 0 Å². The van der Waals surface area contributed by atoms with Crippen molar-refractivity contribution in [2.24, 2.45) is 11.7 Å². The van der Waals surface area contributed by atoms with E-state index < -0.39 is 0 Å². The first-order valence-corrected chi connectivity index (χ1v) is 7.07. The van der Waals surface area contributed by atoms with E-state index in [2.05, 4.69) is 25.6 Å². The number of nitrogens with two attached hydrogens (primary N) is 1. The van der Waals surface area contributed by atoms with Crippen LogP contribution in [-0.4, -0.2) is 17.0 Å². The molecule has 0 spiro atoms. The van der Waals surface area contributed by atoms with Crippen molar-refractivity contribution in [2.45, 2.75) is 62.9 Å². The van der Waals surface area contributed by atoms with Crippen LogP contribution in [-0.2, 0) is 0 Å². The molecule has 1 rings (SSSR count). The van der Waals surface area contributed by atoms with Gasteiger partial charge < -0.3 is 5.73 Å². The van der Waals surface area contributed by atoms with Crippen LogP contribution < -0.4 is 5.73 Å². The van der Waals surface area contributed by atoms with Crippen molar-refractivity contribution >= 4 is 11.8 Å². The van der Waals surface area contributed by atoms with Crippen molar-refractivity contribution in [3.63, 3.8) is 0 Å². The van der Waals surface area contributed by atoms with Gasteiger partial charge in [-0.05, 0) is 31.7 Å².